The highest BCUT2D eigenvalue weighted by molar-refractivity contribution is 7.92. The Morgan fingerprint density at radius 2 is 1.84 bits per heavy atom. The molecule has 0 aromatic heterocycles. The highest BCUT2D eigenvalue weighted by Crippen LogP contribution is 2.30. The summed E-state index contributed by atoms with van der Waals surface area (Å²) in [4.78, 5) is 26.1. The second-order valence-electron chi connectivity index (χ2n) is 8.00. The van der Waals surface area contributed by atoms with E-state index in [-0.39, 0.29) is 28.0 Å². The predicted molar refractivity (Wildman–Crippen MR) is 122 cm³/mol. The normalized spacial score (nSPS) is 16.5. The van der Waals surface area contributed by atoms with Gasteiger partial charge in [-0.3, -0.25) is 9.52 Å². The summed E-state index contributed by atoms with van der Waals surface area (Å²) in [7, 11) is -3.88. The first-order valence-electron chi connectivity index (χ1n) is 10.5. The van der Waals surface area contributed by atoms with E-state index in [1.165, 1.54) is 12.1 Å². The first kappa shape index (κ1) is 23.6. The van der Waals surface area contributed by atoms with Gasteiger partial charge in [0, 0.05) is 18.8 Å². The molecule has 8 nitrogen and oxygen atoms in total. The summed E-state index contributed by atoms with van der Waals surface area (Å²) in [5, 5.41) is 9.77. The van der Waals surface area contributed by atoms with Crippen molar-refractivity contribution in [3.05, 3.63) is 53.1 Å². The van der Waals surface area contributed by atoms with Crippen molar-refractivity contribution in [3.8, 4) is 0 Å². The Labute approximate surface area is 188 Å². The molecule has 0 amide bonds. The number of esters is 1. The maximum Gasteiger partial charge on any atom is 0.337 e. The summed E-state index contributed by atoms with van der Waals surface area (Å²) in [5.41, 5.74) is 2.20. The van der Waals surface area contributed by atoms with Gasteiger partial charge >= 0.3 is 11.9 Å². The van der Waals surface area contributed by atoms with Crippen molar-refractivity contribution in [1.82, 2.24) is 0 Å². The van der Waals surface area contributed by atoms with Crippen LogP contribution in [0.4, 0.5) is 11.4 Å². The summed E-state index contributed by atoms with van der Waals surface area (Å²) in [5.74, 6) is -1.79. The largest absolute Gasteiger partial charge is 0.478 e. The number of carboxylic acids is 1. The van der Waals surface area contributed by atoms with E-state index in [1.807, 2.05) is 24.8 Å². The Hall–Kier alpha value is -3.07. The van der Waals surface area contributed by atoms with Crippen molar-refractivity contribution >= 4 is 33.3 Å². The first-order chi connectivity index (χ1) is 15.1. The van der Waals surface area contributed by atoms with Crippen molar-refractivity contribution in [2.24, 2.45) is 5.92 Å². The van der Waals surface area contributed by atoms with Crippen molar-refractivity contribution in [3.63, 3.8) is 0 Å². The number of benzene rings is 2. The lowest BCUT2D eigenvalue weighted by Gasteiger charge is -2.34. The van der Waals surface area contributed by atoms with Crippen LogP contribution >= 0.6 is 0 Å². The van der Waals surface area contributed by atoms with Gasteiger partial charge in [-0.1, -0.05) is 6.07 Å². The standard InChI is InChI=1S/C23H28N2O6S/c1-4-31-23(28)17-6-5-9-25(14-17)21-8-7-18(13-20(21)22(26)27)24-32(29,30)19-11-15(2)10-16(3)12-19/h7-8,10-13,17,24H,4-6,9,14H2,1-3H3,(H,26,27). The lowest BCUT2D eigenvalue weighted by molar-refractivity contribution is -0.148. The molecule has 32 heavy (non-hydrogen) atoms. The number of piperidine rings is 1. The first-order valence-corrected chi connectivity index (χ1v) is 12.0. The average Bonchev–Trinajstić information content (AvgIpc) is 2.73. The molecule has 1 atom stereocenters. The fraction of sp³-hybridized carbons (Fsp3) is 0.391. The van der Waals surface area contributed by atoms with Crippen LogP contribution in [0, 0.1) is 19.8 Å². The molecule has 0 bridgehead atoms. The second kappa shape index (κ2) is 9.60. The van der Waals surface area contributed by atoms with Crippen LogP contribution in [0.1, 0.15) is 41.3 Å². The van der Waals surface area contributed by atoms with Gasteiger partial charge in [0.05, 0.1) is 28.7 Å². The zero-order valence-corrected chi connectivity index (χ0v) is 19.2. The number of carbonyl (C=O) groups is 2. The number of hydrogen-bond acceptors (Lipinski definition) is 6. The van der Waals surface area contributed by atoms with E-state index < -0.39 is 16.0 Å². The fourth-order valence-corrected chi connectivity index (χ4v) is 5.23. The maximum absolute atomic E-state index is 12.8. The van der Waals surface area contributed by atoms with E-state index in [1.54, 1.807) is 25.1 Å². The maximum atomic E-state index is 12.8. The number of nitrogens with zero attached hydrogens (tertiary/aromatic N) is 1. The van der Waals surface area contributed by atoms with Gasteiger partial charge in [-0.25, -0.2) is 13.2 Å². The Balaban J connectivity index is 1.88. The molecule has 0 saturated carbocycles. The Kier molecular flexibility index (Phi) is 7.08. The predicted octanol–water partition coefficient (Wildman–Crippen LogP) is 3.58. The number of anilines is 2. The van der Waals surface area contributed by atoms with Crippen LogP contribution in [-0.4, -0.2) is 45.2 Å². The minimum Gasteiger partial charge on any atom is -0.478 e. The minimum absolute atomic E-state index is 0.0323. The van der Waals surface area contributed by atoms with Crippen LogP contribution < -0.4 is 9.62 Å². The van der Waals surface area contributed by atoms with E-state index in [9.17, 15) is 23.1 Å². The van der Waals surface area contributed by atoms with Gasteiger partial charge in [0.25, 0.3) is 10.0 Å². The lowest BCUT2D eigenvalue weighted by atomic mass is 9.97. The summed E-state index contributed by atoms with van der Waals surface area (Å²) >= 11 is 0. The summed E-state index contributed by atoms with van der Waals surface area (Å²) in [6.07, 6.45) is 1.41. The molecule has 1 heterocycles. The molecule has 9 heteroatoms. The zero-order chi connectivity index (χ0) is 23.5. The van der Waals surface area contributed by atoms with Gasteiger partial charge in [0.2, 0.25) is 0 Å². The molecule has 0 radical (unpaired) electrons. The Bertz CT molecular complexity index is 1110. The summed E-state index contributed by atoms with van der Waals surface area (Å²) in [6.45, 7) is 6.62. The van der Waals surface area contributed by atoms with Gasteiger partial charge in [0.1, 0.15) is 0 Å². The number of aryl methyl sites for hydroxylation is 2. The van der Waals surface area contributed by atoms with Crippen molar-refractivity contribution in [2.45, 2.75) is 38.5 Å². The van der Waals surface area contributed by atoms with Crippen LogP contribution in [0.3, 0.4) is 0 Å². The smallest absolute Gasteiger partial charge is 0.337 e. The van der Waals surface area contributed by atoms with Gasteiger partial charge in [-0.15, -0.1) is 0 Å². The van der Waals surface area contributed by atoms with E-state index in [0.717, 1.165) is 17.5 Å². The molecule has 1 fully saturated rings. The molecular weight excluding hydrogens is 432 g/mol. The molecule has 3 rings (SSSR count). The molecule has 1 aliphatic rings. The molecule has 1 unspecified atom stereocenters. The van der Waals surface area contributed by atoms with E-state index in [2.05, 4.69) is 4.72 Å². The van der Waals surface area contributed by atoms with Gasteiger partial charge < -0.3 is 14.7 Å². The van der Waals surface area contributed by atoms with E-state index in [0.29, 0.717) is 31.8 Å². The summed E-state index contributed by atoms with van der Waals surface area (Å²) in [6, 6.07) is 9.42. The molecule has 2 aromatic carbocycles. The monoisotopic (exact) mass is 460 g/mol. The number of carbonyl (C=O) groups excluding carboxylic acids is 1. The number of carboxylic acid groups (broad SMARTS) is 1. The second-order valence-corrected chi connectivity index (χ2v) is 9.69. The van der Waals surface area contributed by atoms with Crippen molar-refractivity contribution in [2.75, 3.05) is 29.3 Å². The van der Waals surface area contributed by atoms with Crippen LogP contribution in [-0.2, 0) is 19.6 Å². The molecule has 2 N–H and O–H groups in total. The fourth-order valence-electron chi connectivity index (χ4n) is 4.00. The van der Waals surface area contributed by atoms with Crippen LogP contribution in [0.25, 0.3) is 0 Å². The van der Waals surface area contributed by atoms with Crippen molar-refractivity contribution in [1.29, 1.82) is 0 Å². The number of sulfonamides is 1. The molecule has 1 saturated heterocycles. The third kappa shape index (κ3) is 5.40. The molecular formula is C23H28N2O6S. The third-order valence-electron chi connectivity index (χ3n) is 5.37. The highest BCUT2D eigenvalue weighted by Gasteiger charge is 2.29. The topological polar surface area (TPSA) is 113 Å². The third-order valence-corrected chi connectivity index (χ3v) is 6.73. The number of rotatable bonds is 7. The SMILES string of the molecule is CCOC(=O)C1CCCN(c2ccc(NS(=O)(=O)c3cc(C)cc(C)c3)cc2C(=O)O)C1. The number of hydrogen-bond donors (Lipinski definition) is 2. The van der Waals surface area contributed by atoms with Crippen LogP contribution in [0.5, 0.6) is 0 Å². The van der Waals surface area contributed by atoms with Gasteiger partial charge in [-0.05, 0) is 75.1 Å². The van der Waals surface area contributed by atoms with E-state index >= 15 is 0 Å². The molecule has 0 spiro atoms. The van der Waals surface area contributed by atoms with E-state index in [4.69, 9.17) is 4.74 Å². The Morgan fingerprint density at radius 1 is 1.16 bits per heavy atom. The number of aromatic carboxylic acids is 1. The molecule has 0 aliphatic carbocycles. The quantitative estimate of drug-likeness (QED) is 0.607. The van der Waals surface area contributed by atoms with Crippen LogP contribution in [0.15, 0.2) is 41.3 Å². The minimum atomic E-state index is -3.88. The number of nitrogens with one attached hydrogen (secondary N) is 1. The zero-order valence-electron chi connectivity index (χ0n) is 18.4. The van der Waals surface area contributed by atoms with Crippen LogP contribution in [0.2, 0.25) is 0 Å². The molecule has 2 aromatic rings. The lowest BCUT2D eigenvalue weighted by Crippen LogP contribution is -2.40. The molecule has 1 aliphatic heterocycles. The Morgan fingerprint density at radius 3 is 2.47 bits per heavy atom. The summed E-state index contributed by atoms with van der Waals surface area (Å²) < 4.78 is 33.3. The average molecular weight is 461 g/mol. The van der Waals surface area contributed by atoms with Crippen molar-refractivity contribution < 1.29 is 27.9 Å². The molecule has 172 valence electrons. The van der Waals surface area contributed by atoms with Gasteiger partial charge in [-0.2, -0.15) is 0 Å². The number of ether oxygens (including phenoxy) is 1. The highest BCUT2D eigenvalue weighted by atomic mass is 32.2. The van der Waals surface area contributed by atoms with Gasteiger partial charge in [0.15, 0.2) is 0 Å².